The highest BCUT2D eigenvalue weighted by Gasteiger charge is 2.16. The van der Waals surface area contributed by atoms with Crippen LogP contribution >= 0.6 is 0 Å². The maximum absolute atomic E-state index is 11.6. The summed E-state index contributed by atoms with van der Waals surface area (Å²) in [5, 5.41) is 9.35. The monoisotopic (exact) mass is 417 g/mol. The molecular formula is C26H43NO3. The average molecular weight is 418 g/mol. The molecule has 30 heavy (non-hydrogen) atoms. The lowest BCUT2D eigenvalue weighted by molar-refractivity contribution is 0.0695. The highest BCUT2D eigenvalue weighted by Crippen LogP contribution is 2.19. The molecule has 0 aliphatic heterocycles. The van der Waals surface area contributed by atoms with E-state index in [0.717, 1.165) is 12.8 Å². The highest BCUT2D eigenvalue weighted by molar-refractivity contribution is 5.99. The fourth-order valence-electron chi connectivity index (χ4n) is 4.14. The van der Waals surface area contributed by atoms with Crippen molar-refractivity contribution in [2.45, 2.75) is 116 Å². The summed E-state index contributed by atoms with van der Waals surface area (Å²) in [6.07, 6.45) is 21.4. The van der Waals surface area contributed by atoms with Crippen molar-refractivity contribution in [3.05, 3.63) is 34.9 Å². The summed E-state index contributed by atoms with van der Waals surface area (Å²) in [6.45, 7) is 2.27. The summed E-state index contributed by atoms with van der Waals surface area (Å²) in [6, 6.07) is 4.76. The molecule has 0 atom stereocenters. The molecule has 4 heteroatoms. The molecule has 1 aromatic carbocycles. The maximum Gasteiger partial charge on any atom is 0.335 e. The van der Waals surface area contributed by atoms with Crippen LogP contribution in [0.25, 0.3) is 0 Å². The van der Waals surface area contributed by atoms with Gasteiger partial charge in [0.05, 0.1) is 5.56 Å². The lowest BCUT2D eigenvalue weighted by atomic mass is 9.95. The van der Waals surface area contributed by atoms with Crippen molar-refractivity contribution in [3.63, 3.8) is 0 Å². The molecule has 0 saturated heterocycles. The number of carboxylic acid groups (broad SMARTS) is 1. The Morgan fingerprint density at radius 2 is 1.10 bits per heavy atom. The van der Waals surface area contributed by atoms with E-state index in [0.29, 0.717) is 17.5 Å². The van der Waals surface area contributed by atoms with Crippen LogP contribution in [-0.4, -0.2) is 17.0 Å². The van der Waals surface area contributed by atoms with Crippen LogP contribution in [0.2, 0.25) is 0 Å². The van der Waals surface area contributed by atoms with Crippen LogP contribution in [0.5, 0.6) is 0 Å². The van der Waals surface area contributed by atoms with Gasteiger partial charge in [0.25, 0.3) is 0 Å². The van der Waals surface area contributed by atoms with Gasteiger partial charge in [-0.3, -0.25) is 4.79 Å². The molecule has 1 aromatic rings. The lowest BCUT2D eigenvalue weighted by Gasteiger charge is -2.10. The number of hydrogen-bond acceptors (Lipinski definition) is 2. The molecule has 0 heterocycles. The van der Waals surface area contributed by atoms with Crippen LogP contribution in [0.1, 0.15) is 136 Å². The van der Waals surface area contributed by atoms with Gasteiger partial charge in [-0.05, 0) is 30.5 Å². The van der Waals surface area contributed by atoms with E-state index >= 15 is 0 Å². The van der Waals surface area contributed by atoms with Gasteiger partial charge in [-0.15, -0.1) is 0 Å². The second kappa shape index (κ2) is 16.9. The topological polar surface area (TPSA) is 80.4 Å². The summed E-state index contributed by atoms with van der Waals surface area (Å²) < 4.78 is 0. The predicted octanol–water partition coefficient (Wildman–Crippen LogP) is 7.29. The Morgan fingerprint density at radius 3 is 1.50 bits per heavy atom. The van der Waals surface area contributed by atoms with Crippen molar-refractivity contribution in [1.82, 2.24) is 0 Å². The zero-order valence-electron chi connectivity index (χ0n) is 19.1. The van der Waals surface area contributed by atoms with Gasteiger partial charge >= 0.3 is 5.97 Å². The van der Waals surface area contributed by atoms with Gasteiger partial charge in [-0.1, -0.05) is 109 Å². The molecule has 4 nitrogen and oxygen atoms in total. The minimum Gasteiger partial charge on any atom is -0.478 e. The van der Waals surface area contributed by atoms with Crippen molar-refractivity contribution >= 4 is 11.9 Å². The third-order valence-corrected chi connectivity index (χ3v) is 5.95. The van der Waals surface area contributed by atoms with E-state index in [2.05, 4.69) is 6.92 Å². The van der Waals surface area contributed by atoms with Crippen molar-refractivity contribution in [3.8, 4) is 0 Å². The third kappa shape index (κ3) is 11.4. The molecule has 0 bridgehead atoms. The number of primary amides is 1. The minimum atomic E-state index is -0.996. The van der Waals surface area contributed by atoms with Crippen LogP contribution in [0.4, 0.5) is 0 Å². The van der Waals surface area contributed by atoms with Crippen LogP contribution in [0.15, 0.2) is 18.2 Å². The summed E-state index contributed by atoms with van der Waals surface area (Å²) in [4.78, 5) is 23.0. The maximum atomic E-state index is 11.6. The Kier molecular flexibility index (Phi) is 14.8. The Hall–Kier alpha value is -1.84. The molecule has 0 aliphatic rings. The van der Waals surface area contributed by atoms with Gasteiger partial charge in [-0.25, -0.2) is 4.79 Å². The number of aromatic carboxylic acids is 1. The van der Waals surface area contributed by atoms with Crippen LogP contribution in [0, 0.1) is 0 Å². The molecule has 1 rings (SSSR count). The van der Waals surface area contributed by atoms with Gasteiger partial charge in [-0.2, -0.15) is 0 Å². The minimum absolute atomic E-state index is 0.201. The molecule has 0 radical (unpaired) electrons. The fourth-order valence-corrected chi connectivity index (χ4v) is 4.14. The molecule has 3 N–H and O–H groups in total. The summed E-state index contributed by atoms with van der Waals surface area (Å²) in [5.41, 5.74) is 6.54. The zero-order valence-corrected chi connectivity index (χ0v) is 19.1. The number of unbranched alkanes of at least 4 members (excludes halogenated alkanes) is 15. The first-order chi connectivity index (χ1) is 14.6. The van der Waals surface area contributed by atoms with Gasteiger partial charge in [0.2, 0.25) is 5.91 Å². The summed E-state index contributed by atoms with van der Waals surface area (Å²) >= 11 is 0. The molecule has 0 aromatic heterocycles. The Balaban J connectivity index is 2.04. The molecule has 0 saturated carbocycles. The number of amides is 1. The van der Waals surface area contributed by atoms with Gasteiger partial charge in [0.1, 0.15) is 0 Å². The Bertz CT molecular complexity index is 580. The fraction of sp³-hybridized carbons (Fsp3) is 0.692. The molecular weight excluding hydrogens is 374 g/mol. The van der Waals surface area contributed by atoms with Crippen LogP contribution < -0.4 is 5.73 Å². The Labute approximate surface area is 183 Å². The van der Waals surface area contributed by atoms with Gasteiger partial charge in [0.15, 0.2) is 0 Å². The molecule has 0 aliphatic carbocycles. The zero-order chi connectivity index (χ0) is 22.0. The summed E-state index contributed by atoms with van der Waals surface area (Å²) in [5.74, 6) is -1.55. The van der Waals surface area contributed by atoms with Crippen LogP contribution in [-0.2, 0) is 6.42 Å². The van der Waals surface area contributed by atoms with E-state index in [1.807, 2.05) is 0 Å². The molecule has 1 amide bonds. The number of carbonyl (C=O) groups excluding carboxylic acids is 1. The van der Waals surface area contributed by atoms with E-state index < -0.39 is 11.9 Å². The Morgan fingerprint density at radius 1 is 0.700 bits per heavy atom. The molecule has 0 fully saturated rings. The molecule has 0 spiro atoms. The van der Waals surface area contributed by atoms with Gasteiger partial charge < -0.3 is 10.8 Å². The summed E-state index contributed by atoms with van der Waals surface area (Å²) in [7, 11) is 0. The van der Waals surface area contributed by atoms with Crippen molar-refractivity contribution in [2.24, 2.45) is 5.73 Å². The second-order valence-corrected chi connectivity index (χ2v) is 8.55. The third-order valence-electron chi connectivity index (χ3n) is 5.95. The van der Waals surface area contributed by atoms with E-state index in [1.54, 1.807) is 18.2 Å². The lowest BCUT2D eigenvalue weighted by Crippen LogP contribution is -2.16. The van der Waals surface area contributed by atoms with Crippen molar-refractivity contribution in [1.29, 1.82) is 0 Å². The van der Waals surface area contributed by atoms with Gasteiger partial charge in [0, 0.05) is 5.56 Å². The van der Waals surface area contributed by atoms with E-state index in [9.17, 15) is 14.7 Å². The quantitative estimate of drug-likeness (QED) is 0.232. The standard InChI is InChI=1S/C26H43NO3/c1-2-3-4-5-6-7-8-9-10-11-12-13-14-15-16-17-19-22-23(25(27)28)20-18-21-24(22)26(29)30/h18,20-21H,2-17,19H2,1H3,(H2,27,28)(H,29,30). The normalized spacial score (nSPS) is 11.0. The average Bonchev–Trinajstić information content (AvgIpc) is 2.73. The first kappa shape index (κ1) is 26.2. The number of rotatable bonds is 19. The van der Waals surface area contributed by atoms with E-state index in [4.69, 9.17) is 5.73 Å². The SMILES string of the molecule is CCCCCCCCCCCCCCCCCCc1c(C(N)=O)cccc1C(=O)O. The van der Waals surface area contributed by atoms with Crippen molar-refractivity contribution in [2.75, 3.05) is 0 Å². The number of benzene rings is 1. The molecule has 170 valence electrons. The predicted molar refractivity (Wildman–Crippen MR) is 125 cm³/mol. The number of hydrogen-bond donors (Lipinski definition) is 2. The molecule has 0 unspecified atom stereocenters. The van der Waals surface area contributed by atoms with Crippen molar-refractivity contribution < 1.29 is 14.7 Å². The number of nitrogens with two attached hydrogens (primary N) is 1. The number of carboxylic acids is 1. The smallest absolute Gasteiger partial charge is 0.335 e. The number of carbonyl (C=O) groups is 2. The first-order valence-corrected chi connectivity index (χ1v) is 12.2. The second-order valence-electron chi connectivity index (χ2n) is 8.55. The van der Waals surface area contributed by atoms with E-state index in [-0.39, 0.29) is 5.56 Å². The first-order valence-electron chi connectivity index (χ1n) is 12.2. The van der Waals surface area contributed by atoms with E-state index in [1.165, 1.54) is 89.9 Å². The highest BCUT2D eigenvalue weighted by atomic mass is 16.4. The largest absolute Gasteiger partial charge is 0.478 e. The van der Waals surface area contributed by atoms with Crippen LogP contribution in [0.3, 0.4) is 0 Å².